The second-order valence-corrected chi connectivity index (χ2v) is 5.22. The van der Waals surface area contributed by atoms with Crippen molar-refractivity contribution in [3.63, 3.8) is 0 Å². The Morgan fingerprint density at radius 3 is 3.16 bits per heavy atom. The second kappa shape index (κ2) is 5.29. The Morgan fingerprint density at radius 1 is 1.47 bits per heavy atom. The molecule has 1 aliphatic rings. The van der Waals surface area contributed by atoms with Crippen molar-refractivity contribution < 1.29 is 4.39 Å². The molecule has 4 heteroatoms. The van der Waals surface area contributed by atoms with E-state index in [0.29, 0.717) is 12.6 Å². The molecule has 3 heterocycles. The van der Waals surface area contributed by atoms with Crippen LogP contribution >= 0.6 is 0 Å². The highest BCUT2D eigenvalue weighted by molar-refractivity contribution is 5.80. The van der Waals surface area contributed by atoms with Crippen LogP contribution in [0.15, 0.2) is 24.5 Å². The predicted octanol–water partition coefficient (Wildman–Crippen LogP) is 2.82. The maximum atomic E-state index is 12.4. The van der Waals surface area contributed by atoms with E-state index in [4.69, 9.17) is 0 Å². The van der Waals surface area contributed by atoms with Crippen molar-refractivity contribution in [3.8, 4) is 0 Å². The summed E-state index contributed by atoms with van der Waals surface area (Å²) in [6, 6.07) is 4.58. The lowest BCUT2D eigenvalue weighted by atomic mass is 10.2. The number of hydrogen-bond donors (Lipinski definition) is 0. The van der Waals surface area contributed by atoms with Gasteiger partial charge in [-0.05, 0) is 30.5 Å². The monoisotopic (exact) mass is 261 g/mol. The van der Waals surface area contributed by atoms with Crippen LogP contribution in [-0.2, 0) is 6.42 Å². The van der Waals surface area contributed by atoms with Gasteiger partial charge in [-0.15, -0.1) is 0 Å². The van der Waals surface area contributed by atoms with Crippen LogP contribution in [0.3, 0.4) is 0 Å². The van der Waals surface area contributed by atoms with Crippen LogP contribution in [0.25, 0.3) is 11.0 Å². The van der Waals surface area contributed by atoms with Crippen molar-refractivity contribution in [1.29, 1.82) is 0 Å². The van der Waals surface area contributed by atoms with Crippen LogP contribution < -0.4 is 0 Å². The molecule has 0 bridgehead atoms. The summed E-state index contributed by atoms with van der Waals surface area (Å²) in [7, 11) is 0. The summed E-state index contributed by atoms with van der Waals surface area (Å²) in [5.41, 5.74) is 2.43. The number of aromatic nitrogens is 2. The second-order valence-electron chi connectivity index (χ2n) is 5.22. The first-order valence-corrected chi connectivity index (χ1v) is 7.06. The van der Waals surface area contributed by atoms with Crippen LogP contribution in [0.5, 0.6) is 0 Å². The molecule has 0 amide bonds. The number of pyridine rings is 1. The molecule has 1 fully saturated rings. The van der Waals surface area contributed by atoms with Crippen molar-refractivity contribution >= 4 is 11.0 Å². The molecule has 0 aliphatic carbocycles. The lowest BCUT2D eigenvalue weighted by molar-refractivity contribution is 0.288. The van der Waals surface area contributed by atoms with Gasteiger partial charge in [0.1, 0.15) is 12.3 Å². The van der Waals surface area contributed by atoms with Gasteiger partial charge in [0.25, 0.3) is 0 Å². The zero-order valence-electron chi connectivity index (χ0n) is 11.3. The average Bonchev–Trinajstić information content (AvgIpc) is 3.03. The summed E-state index contributed by atoms with van der Waals surface area (Å²) in [6.45, 7) is 4.41. The van der Waals surface area contributed by atoms with Crippen molar-refractivity contribution in [2.45, 2.75) is 25.8 Å². The Kier molecular flexibility index (Phi) is 3.51. The van der Waals surface area contributed by atoms with Crippen molar-refractivity contribution in [3.05, 3.63) is 30.1 Å². The minimum Gasteiger partial charge on any atom is -0.328 e. The largest absolute Gasteiger partial charge is 0.328 e. The van der Waals surface area contributed by atoms with E-state index in [-0.39, 0.29) is 6.67 Å². The van der Waals surface area contributed by atoms with E-state index in [1.54, 1.807) is 0 Å². The molecule has 2 aromatic heterocycles. The Bertz CT molecular complexity index is 564. The first-order valence-electron chi connectivity index (χ1n) is 7.06. The molecular formula is C15H20FN3. The van der Waals surface area contributed by atoms with Gasteiger partial charge in [0.2, 0.25) is 0 Å². The quantitative estimate of drug-likeness (QED) is 0.844. The normalized spacial score (nSPS) is 20.4. The zero-order valence-corrected chi connectivity index (χ0v) is 11.3. The molecule has 19 heavy (non-hydrogen) atoms. The van der Waals surface area contributed by atoms with E-state index in [0.717, 1.165) is 31.6 Å². The van der Waals surface area contributed by atoms with E-state index < -0.39 is 0 Å². The van der Waals surface area contributed by atoms with Gasteiger partial charge in [0.05, 0.1) is 0 Å². The number of nitrogens with zero attached hydrogens (tertiary/aromatic N) is 3. The van der Waals surface area contributed by atoms with E-state index in [1.165, 1.54) is 10.9 Å². The molecule has 1 saturated heterocycles. The summed E-state index contributed by atoms with van der Waals surface area (Å²) < 4.78 is 14.7. The van der Waals surface area contributed by atoms with Crippen LogP contribution in [-0.4, -0.2) is 40.8 Å². The molecule has 0 saturated carbocycles. The Balaban J connectivity index is 1.93. The molecule has 0 unspecified atom stereocenters. The third-order valence-electron chi connectivity index (χ3n) is 4.09. The number of aryl methyl sites for hydroxylation is 1. The van der Waals surface area contributed by atoms with Gasteiger partial charge in [-0.1, -0.05) is 6.92 Å². The van der Waals surface area contributed by atoms with Gasteiger partial charge in [-0.25, -0.2) is 9.37 Å². The Labute approximate surface area is 113 Å². The summed E-state index contributed by atoms with van der Waals surface area (Å²) in [6.07, 6.45) is 6.20. The van der Waals surface area contributed by atoms with Crippen LogP contribution in [0.2, 0.25) is 0 Å². The van der Waals surface area contributed by atoms with Gasteiger partial charge >= 0.3 is 0 Å². The number of rotatable bonds is 4. The third kappa shape index (κ3) is 2.25. The molecule has 3 rings (SSSR count). The number of hydrogen-bond acceptors (Lipinski definition) is 2. The fourth-order valence-electron chi connectivity index (χ4n) is 3.07. The molecule has 2 aromatic rings. The lowest BCUT2D eigenvalue weighted by Gasteiger charge is -2.15. The summed E-state index contributed by atoms with van der Waals surface area (Å²) in [5, 5.41) is 1.26. The van der Waals surface area contributed by atoms with Crippen molar-refractivity contribution in [1.82, 2.24) is 14.5 Å². The van der Waals surface area contributed by atoms with Gasteiger partial charge in [-0.2, -0.15) is 0 Å². The van der Waals surface area contributed by atoms with Gasteiger partial charge < -0.3 is 4.57 Å². The zero-order chi connectivity index (χ0) is 13.2. The summed E-state index contributed by atoms with van der Waals surface area (Å²) in [5.74, 6) is 0. The maximum absolute atomic E-state index is 12.4. The first kappa shape index (κ1) is 12.6. The molecule has 3 nitrogen and oxygen atoms in total. The Hall–Kier alpha value is -1.42. The molecule has 1 aliphatic heterocycles. The highest BCUT2D eigenvalue weighted by atomic mass is 19.1. The van der Waals surface area contributed by atoms with Crippen molar-refractivity contribution in [2.75, 3.05) is 26.3 Å². The van der Waals surface area contributed by atoms with Crippen LogP contribution in [0.1, 0.15) is 24.9 Å². The van der Waals surface area contributed by atoms with Crippen molar-refractivity contribution in [2.24, 2.45) is 0 Å². The SMILES string of the molecule is CCc1cn([C@H]2CCN(CCF)C2)c2ncccc12. The lowest BCUT2D eigenvalue weighted by Crippen LogP contribution is -2.23. The molecule has 0 spiro atoms. The molecule has 102 valence electrons. The van der Waals surface area contributed by atoms with Gasteiger partial charge in [0, 0.05) is 43.5 Å². The minimum absolute atomic E-state index is 0.252. The minimum atomic E-state index is -0.252. The molecule has 0 N–H and O–H groups in total. The topological polar surface area (TPSA) is 21.1 Å². The Morgan fingerprint density at radius 2 is 2.37 bits per heavy atom. The first-order chi connectivity index (χ1) is 9.33. The number of fused-ring (bicyclic) bond motifs is 1. The van der Waals surface area contributed by atoms with E-state index in [1.807, 2.05) is 12.3 Å². The van der Waals surface area contributed by atoms with E-state index >= 15 is 0 Å². The average molecular weight is 261 g/mol. The number of halogens is 1. The number of likely N-dealkylation sites (tertiary alicyclic amines) is 1. The summed E-state index contributed by atoms with van der Waals surface area (Å²) >= 11 is 0. The van der Waals surface area contributed by atoms with Gasteiger partial charge in [0.15, 0.2) is 0 Å². The molecule has 1 atom stereocenters. The predicted molar refractivity (Wildman–Crippen MR) is 75.2 cm³/mol. The summed E-state index contributed by atoms with van der Waals surface area (Å²) in [4.78, 5) is 6.74. The van der Waals surface area contributed by atoms with Crippen LogP contribution in [0.4, 0.5) is 4.39 Å². The van der Waals surface area contributed by atoms with Crippen LogP contribution in [0, 0.1) is 0 Å². The molecule has 0 aromatic carbocycles. The highest BCUT2D eigenvalue weighted by Gasteiger charge is 2.25. The van der Waals surface area contributed by atoms with E-state index in [9.17, 15) is 4.39 Å². The maximum Gasteiger partial charge on any atom is 0.140 e. The fourth-order valence-corrected chi connectivity index (χ4v) is 3.07. The highest BCUT2D eigenvalue weighted by Crippen LogP contribution is 2.28. The smallest absolute Gasteiger partial charge is 0.140 e. The standard InChI is InChI=1S/C15H20FN3/c1-2-12-10-19(15-14(12)4-3-7-17-15)13-5-8-18(11-13)9-6-16/h3-4,7,10,13H,2,5-6,8-9,11H2,1H3/t13-/m0/s1. The van der Waals surface area contributed by atoms with E-state index in [2.05, 4.69) is 33.6 Å². The van der Waals surface area contributed by atoms with Gasteiger partial charge in [-0.3, -0.25) is 4.90 Å². The molecular weight excluding hydrogens is 241 g/mol. The molecule has 0 radical (unpaired) electrons. The fraction of sp³-hybridized carbons (Fsp3) is 0.533. The number of alkyl halides is 1. The third-order valence-corrected chi connectivity index (χ3v) is 4.09.